The Morgan fingerprint density at radius 1 is 1.10 bits per heavy atom. The minimum atomic E-state index is -0.0932. The van der Waals surface area contributed by atoms with Gasteiger partial charge in [-0.05, 0) is 37.1 Å². The highest BCUT2D eigenvalue weighted by Gasteiger charge is 2.22. The Hall–Kier alpha value is -2.67. The van der Waals surface area contributed by atoms with Gasteiger partial charge in [0.1, 0.15) is 0 Å². The number of halogens is 1. The second kappa shape index (κ2) is 9.43. The van der Waals surface area contributed by atoms with Crippen molar-refractivity contribution in [3.8, 4) is 0 Å². The Bertz CT molecular complexity index is 1030. The first kappa shape index (κ1) is 20.6. The molecule has 2 aromatic carbocycles. The molecule has 1 aliphatic rings. The van der Waals surface area contributed by atoms with E-state index >= 15 is 0 Å². The maximum atomic E-state index is 12.6. The first-order valence-corrected chi connectivity index (χ1v) is 10.5. The Kier molecular flexibility index (Phi) is 6.47. The minimum absolute atomic E-state index is 0.0306. The molecule has 0 saturated carbocycles. The number of benzene rings is 2. The van der Waals surface area contributed by atoms with Crippen LogP contribution in [0.2, 0.25) is 5.02 Å². The zero-order chi connectivity index (χ0) is 20.9. The first-order chi connectivity index (χ1) is 14.6. The van der Waals surface area contributed by atoms with Gasteiger partial charge in [0.15, 0.2) is 0 Å². The maximum absolute atomic E-state index is 12.6. The number of nitrogens with one attached hydrogen (secondary N) is 2. The summed E-state index contributed by atoms with van der Waals surface area (Å²) in [4.78, 5) is 19.1. The molecule has 1 aromatic heterocycles. The topological polar surface area (TPSA) is 77.5 Å². The number of carbonyl (C=O) groups excluding carboxylic acids is 1. The van der Waals surface area contributed by atoms with Gasteiger partial charge in [0.2, 0.25) is 5.91 Å². The second-order valence-electron chi connectivity index (χ2n) is 7.55. The molecule has 4 rings (SSSR count). The third-order valence-corrected chi connectivity index (χ3v) is 5.85. The molecule has 1 fully saturated rings. The van der Waals surface area contributed by atoms with Gasteiger partial charge in [0.25, 0.3) is 0 Å². The maximum Gasteiger partial charge on any atom is 0.238 e. The lowest BCUT2D eigenvalue weighted by Gasteiger charge is -2.32. The van der Waals surface area contributed by atoms with Crippen molar-refractivity contribution in [3.05, 3.63) is 65.3 Å². The largest absolute Gasteiger partial charge is 0.392 e. The highest BCUT2D eigenvalue weighted by Crippen LogP contribution is 2.26. The van der Waals surface area contributed by atoms with Gasteiger partial charge in [-0.25, -0.2) is 0 Å². The molecule has 2 heterocycles. The molecule has 156 valence electrons. The van der Waals surface area contributed by atoms with Crippen molar-refractivity contribution in [2.24, 2.45) is 0 Å². The van der Waals surface area contributed by atoms with Crippen LogP contribution in [0.15, 0.2) is 54.7 Å². The number of carbonyl (C=O) groups is 1. The van der Waals surface area contributed by atoms with Crippen molar-refractivity contribution < 1.29 is 9.90 Å². The Balaban J connectivity index is 1.30. The van der Waals surface area contributed by atoms with Gasteiger partial charge in [-0.3, -0.25) is 14.7 Å². The summed E-state index contributed by atoms with van der Waals surface area (Å²) >= 11 is 6.17. The minimum Gasteiger partial charge on any atom is -0.392 e. The second-order valence-corrected chi connectivity index (χ2v) is 7.95. The van der Waals surface area contributed by atoms with Crippen LogP contribution in [0.25, 0.3) is 10.9 Å². The zero-order valence-electron chi connectivity index (χ0n) is 16.6. The number of amides is 1. The quantitative estimate of drug-likeness (QED) is 0.559. The third kappa shape index (κ3) is 4.73. The molecule has 1 saturated heterocycles. The summed E-state index contributed by atoms with van der Waals surface area (Å²) in [5, 5.41) is 17.6. The summed E-state index contributed by atoms with van der Waals surface area (Å²) in [6, 6.07) is 15.6. The number of nitrogens with zero attached hydrogens (tertiary/aromatic N) is 2. The number of anilines is 2. The van der Waals surface area contributed by atoms with E-state index in [2.05, 4.69) is 20.5 Å². The highest BCUT2D eigenvalue weighted by atomic mass is 35.5. The zero-order valence-corrected chi connectivity index (χ0v) is 17.4. The predicted octanol–water partition coefficient (Wildman–Crippen LogP) is 3.90. The van der Waals surface area contributed by atoms with E-state index in [1.165, 1.54) is 0 Å². The van der Waals surface area contributed by atoms with Crippen LogP contribution in [0.4, 0.5) is 11.4 Å². The van der Waals surface area contributed by atoms with Crippen LogP contribution < -0.4 is 10.6 Å². The van der Waals surface area contributed by atoms with E-state index in [1.807, 2.05) is 42.5 Å². The number of aromatic nitrogens is 1. The normalized spacial score (nSPS) is 15.3. The van der Waals surface area contributed by atoms with Crippen molar-refractivity contribution >= 4 is 39.8 Å². The van der Waals surface area contributed by atoms with Crippen LogP contribution in [0, 0.1) is 0 Å². The lowest BCUT2D eigenvalue weighted by atomic mass is 10.0. The fourth-order valence-electron chi connectivity index (χ4n) is 3.91. The third-order valence-electron chi connectivity index (χ3n) is 5.50. The van der Waals surface area contributed by atoms with Gasteiger partial charge in [0, 0.05) is 47.0 Å². The summed E-state index contributed by atoms with van der Waals surface area (Å²) in [5.74, 6) is -0.0306. The average molecular weight is 425 g/mol. The predicted molar refractivity (Wildman–Crippen MR) is 121 cm³/mol. The fraction of sp³-hybridized carbons (Fsp3) is 0.304. The smallest absolute Gasteiger partial charge is 0.238 e. The molecule has 1 amide bonds. The molecule has 0 radical (unpaired) electrons. The molecule has 30 heavy (non-hydrogen) atoms. The summed E-state index contributed by atoms with van der Waals surface area (Å²) < 4.78 is 0. The summed E-state index contributed by atoms with van der Waals surface area (Å²) in [6.07, 6.45) is 3.57. The van der Waals surface area contributed by atoms with Crippen molar-refractivity contribution in [3.63, 3.8) is 0 Å². The lowest BCUT2D eigenvalue weighted by Crippen LogP contribution is -2.42. The number of para-hydroxylation sites is 1. The van der Waals surface area contributed by atoms with Crippen LogP contribution in [-0.2, 0) is 11.4 Å². The number of likely N-dealkylation sites (tertiary alicyclic amines) is 1. The van der Waals surface area contributed by atoms with Gasteiger partial charge in [-0.15, -0.1) is 0 Å². The molecule has 1 aliphatic heterocycles. The van der Waals surface area contributed by atoms with Gasteiger partial charge in [-0.2, -0.15) is 0 Å². The monoisotopic (exact) mass is 424 g/mol. The first-order valence-electron chi connectivity index (χ1n) is 10.1. The molecule has 0 unspecified atom stereocenters. The number of hydrogen-bond donors (Lipinski definition) is 3. The molecule has 6 nitrogen and oxygen atoms in total. The van der Waals surface area contributed by atoms with E-state index in [0.29, 0.717) is 11.6 Å². The summed E-state index contributed by atoms with van der Waals surface area (Å²) in [7, 11) is 0. The molecule has 0 aliphatic carbocycles. The number of piperidine rings is 1. The van der Waals surface area contributed by atoms with Crippen LogP contribution in [-0.4, -0.2) is 46.6 Å². The molecule has 3 N–H and O–H groups in total. The molecule has 0 spiro atoms. The van der Waals surface area contributed by atoms with Gasteiger partial charge in [0.05, 0.1) is 24.4 Å². The van der Waals surface area contributed by atoms with E-state index < -0.39 is 0 Å². The van der Waals surface area contributed by atoms with Gasteiger partial charge < -0.3 is 15.7 Å². The highest BCUT2D eigenvalue weighted by molar-refractivity contribution is 6.31. The van der Waals surface area contributed by atoms with E-state index in [0.717, 1.165) is 53.8 Å². The van der Waals surface area contributed by atoms with Crippen molar-refractivity contribution in [2.75, 3.05) is 30.3 Å². The van der Waals surface area contributed by atoms with Crippen LogP contribution >= 0.6 is 11.6 Å². The Labute approximate surface area is 180 Å². The number of aliphatic hydroxyl groups is 1. The van der Waals surface area contributed by atoms with Crippen LogP contribution in [0.5, 0.6) is 0 Å². The van der Waals surface area contributed by atoms with E-state index in [1.54, 1.807) is 12.3 Å². The lowest BCUT2D eigenvalue weighted by molar-refractivity contribution is -0.117. The molecule has 0 atom stereocenters. The average Bonchev–Trinajstić information content (AvgIpc) is 2.75. The number of aliphatic hydroxyl groups excluding tert-OH is 1. The van der Waals surface area contributed by atoms with E-state index in [4.69, 9.17) is 11.6 Å². The molecule has 3 aromatic rings. The van der Waals surface area contributed by atoms with Crippen LogP contribution in [0.1, 0.15) is 18.4 Å². The Morgan fingerprint density at radius 2 is 1.83 bits per heavy atom. The van der Waals surface area contributed by atoms with Crippen LogP contribution in [0.3, 0.4) is 0 Å². The summed E-state index contributed by atoms with van der Waals surface area (Å²) in [5.41, 5.74) is 3.15. The van der Waals surface area contributed by atoms with Gasteiger partial charge >= 0.3 is 0 Å². The molecule has 0 bridgehead atoms. The SMILES string of the molecule is O=C(CN1CCC(Nc2cccc(Cl)c2CO)CC1)Nc1cccc2cccnc12. The van der Waals surface area contributed by atoms with Gasteiger partial charge in [-0.1, -0.05) is 35.9 Å². The van der Waals surface area contributed by atoms with E-state index in [-0.39, 0.29) is 18.6 Å². The molecule has 7 heteroatoms. The number of fused-ring (bicyclic) bond motifs is 1. The standard InChI is InChI=1S/C23H25ClN4O2/c24-19-6-2-7-20(18(19)15-29)26-17-9-12-28(13-10-17)14-22(30)27-21-8-1-4-16-5-3-11-25-23(16)21/h1-8,11,17,26,29H,9-10,12-15H2,(H,27,30). The van der Waals surface area contributed by atoms with Crippen molar-refractivity contribution in [1.29, 1.82) is 0 Å². The number of rotatable bonds is 6. The van der Waals surface area contributed by atoms with Crippen molar-refractivity contribution in [2.45, 2.75) is 25.5 Å². The number of pyridine rings is 1. The van der Waals surface area contributed by atoms with Crippen molar-refractivity contribution in [1.82, 2.24) is 9.88 Å². The molecular formula is C23H25ClN4O2. The molecular weight excluding hydrogens is 400 g/mol. The Morgan fingerprint density at radius 3 is 2.63 bits per heavy atom. The summed E-state index contributed by atoms with van der Waals surface area (Å²) in [6.45, 7) is 1.92. The number of hydrogen-bond acceptors (Lipinski definition) is 5. The van der Waals surface area contributed by atoms with E-state index in [9.17, 15) is 9.90 Å². The fourth-order valence-corrected chi connectivity index (χ4v) is 4.14.